The molecule has 6 heteroatoms. The van der Waals surface area contributed by atoms with Gasteiger partial charge in [-0.05, 0) is 40.6 Å². The first kappa shape index (κ1) is 10.1. The quantitative estimate of drug-likeness (QED) is 0.882. The van der Waals surface area contributed by atoms with Crippen LogP contribution in [-0.4, -0.2) is 14.8 Å². The monoisotopic (exact) mass is 289 g/mol. The van der Waals surface area contributed by atoms with E-state index in [1.807, 2.05) is 4.57 Å². The molecule has 2 aromatic rings. The fourth-order valence-electron chi connectivity index (χ4n) is 1.15. The zero-order valence-corrected chi connectivity index (χ0v) is 10.5. The van der Waals surface area contributed by atoms with Gasteiger partial charge in [-0.25, -0.2) is 0 Å². The Kier molecular flexibility index (Phi) is 3.15. The van der Waals surface area contributed by atoms with Crippen molar-refractivity contribution < 1.29 is 0 Å². The fraction of sp³-hybridized carbons (Fsp3) is 0.250. The number of halogens is 1. The van der Waals surface area contributed by atoms with Gasteiger partial charge in [0, 0.05) is 21.3 Å². The standard InChI is InChI=1S/C8H8BrN3S2/c9-6-3-7(14-4-6)1-2-12-5-10-11-8(12)13/h3-5H,1-2H2,(H,11,13). The largest absolute Gasteiger partial charge is 0.306 e. The second-order valence-corrected chi connectivity index (χ2v) is 5.13. The molecule has 0 spiro atoms. The van der Waals surface area contributed by atoms with E-state index < -0.39 is 0 Å². The average Bonchev–Trinajstić information content (AvgIpc) is 2.72. The van der Waals surface area contributed by atoms with Crippen molar-refractivity contribution in [3.05, 3.63) is 31.9 Å². The van der Waals surface area contributed by atoms with Crippen molar-refractivity contribution in [2.24, 2.45) is 0 Å². The van der Waals surface area contributed by atoms with Crippen molar-refractivity contribution in [3.8, 4) is 0 Å². The molecule has 2 heterocycles. The van der Waals surface area contributed by atoms with Gasteiger partial charge in [-0.15, -0.1) is 11.3 Å². The topological polar surface area (TPSA) is 33.6 Å². The molecule has 0 atom stereocenters. The van der Waals surface area contributed by atoms with Gasteiger partial charge in [-0.1, -0.05) is 0 Å². The van der Waals surface area contributed by atoms with Gasteiger partial charge in [-0.2, -0.15) is 5.10 Å². The molecule has 0 saturated carbocycles. The number of aryl methyl sites for hydroxylation is 2. The van der Waals surface area contributed by atoms with Gasteiger partial charge < -0.3 is 4.57 Å². The Morgan fingerprint density at radius 3 is 3.07 bits per heavy atom. The number of H-pyrrole nitrogens is 1. The molecule has 0 aliphatic carbocycles. The van der Waals surface area contributed by atoms with E-state index in [1.165, 1.54) is 4.88 Å². The van der Waals surface area contributed by atoms with E-state index in [2.05, 4.69) is 37.6 Å². The lowest BCUT2D eigenvalue weighted by molar-refractivity contribution is 0.690. The first-order chi connectivity index (χ1) is 6.75. The van der Waals surface area contributed by atoms with Crippen LogP contribution < -0.4 is 0 Å². The summed E-state index contributed by atoms with van der Waals surface area (Å²) in [7, 11) is 0. The lowest BCUT2D eigenvalue weighted by atomic mass is 10.3. The molecule has 2 rings (SSSR count). The molecule has 14 heavy (non-hydrogen) atoms. The van der Waals surface area contributed by atoms with Crippen molar-refractivity contribution in [1.29, 1.82) is 0 Å². The summed E-state index contributed by atoms with van der Waals surface area (Å²) in [5.74, 6) is 0. The summed E-state index contributed by atoms with van der Waals surface area (Å²) in [6, 6.07) is 2.13. The molecule has 3 nitrogen and oxygen atoms in total. The van der Waals surface area contributed by atoms with E-state index in [-0.39, 0.29) is 0 Å². The zero-order chi connectivity index (χ0) is 9.97. The summed E-state index contributed by atoms with van der Waals surface area (Å²) >= 11 is 10.2. The SMILES string of the molecule is S=c1[nH]ncn1CCc1cc(Br)cs1. The maximum Gasteiger partial charge on any atom is 0.194 e. The second kappa shape index (κ2) is 4.37. The molecule has 0 fully saturated rings. The van der Waals surface area contributed by atoms with Gasteiger partial charge in [-0.3, -0.25) is 5.10 Å². The highest BCUT2D eigenvalue weighted by molar-refractivity contribution is 9.10. The molecule has 2 aromatic heterocycles. The predicted octanol–water partition coefficient (Wildman–Crippen LogP) is 3.01. The third-order valence-electron chi connectivity index (χ3n) is 1.84. The molecule has 0 radical (unpaired) electrons. The lowest BCUT2D eigenvalue weighted by Gasteiger charge is -1.97. The van der Waals surface area contributed by atoms with E-state index in [4.69, 9.17) is 12.2 Å². The Labute approximate surface area is 98.9 Å². The van der Waals surface area contributed by atoms with Crippen molar-refractivity contribution in [3.63, 3.8) is 0 Å². The molecule has 0 aliphatic heterocycles. The van der Waals surface area contributed by atoms with Crippen LogP contribution in [0.2, 0.25) is 0 Å². The van der Waals surface area contributed by atoms with Gasteiger partial charge >= 0.3 is 0 Å². The van der Waals surface area contributed by atoms with Crippen LogP contribution in [0, 0.1) is 4.77 Å². The Balaban J connectivity index is 2.01. The average molecular weight is 290 g/mol. The number of aromatic nitrogens is 3. The van der Waals surface area contributed by atoms with Crippen LogP contribution in [0.3, 0.4) is 0 Å². The Morgan fingerprint density at radius 2 is 2.50 bits per heavy atom. The molecule has 0 saturated heterocycles. The van der Waals surface area contributed by atoms with Crippen molar-refractivity contribution in [2.45, 2.75) is 13.0 Å². The van der Waals surface area contributed by atoms with Crippen LogP contribution in [0.5, 0.6) is 0 Å². The van der Waals surface area contributed by atoms with Crippen molar-refractivity contribution in [2.75, 3.05) is 0 Å². The predicted molar refractivity (Wildman–Crippen MR) is 63.1 cm³/mol. The van der Waals surface area contributed by atoms with E-state index in [0.29, 0.717) is 4.77 Å². The molecule has 0 amide bonds. The van der Waals surface area contributed by atoms with Crippen LogP contribution in [0.4, 0.5) is 0 Å². The maximum atomic E-state index is 5.04. The number of nitrogens with zero attached hydrogens (tertiary/aromatic N) is 2. The van der Waals surface area contributed by atoms with Crippen LogP contribution in [0.1, 0.15) is 4.88 Å². The smallest absolute Gasteiger partial charge is 0.194 e. The zero-order valence-electron chi connectivity index (χ0n) is 7.24. The summed E-state index contributed by atoms with van der Waals surface area (Å²) in [4.78, 5) is 1.35. The number of aromatic amines is 1. The molecule has 0 bridgehead atoms. The molecule has 0 unspecified atom stereocenters. The molecular weight excluding hydrogens is 282 g/mol. The van der Waals surface area contributed by atoms with Gasteiger partial charge in [0.05, 0.1) is 0 Å². The minimum atomic E-state index is 0.681. The highest BCUT2D eigenvalue weighted by Gasteiger charge is 1.99. The van der Waals surface area contributed by atoms with Gasteiger partial charge in [0.2, 0.25) is 0 Å². The first-order valence-electron chi connectivity index (χ1n) is 4.08. The normalized spacial score (nSPS) is 10.6. The Bertz CT molecular complexity index is 471. The van der Waals surface area contributed by atoms with Crippen LogP contribution in [0.25, 0.3) is 0 Å². The number of thiophene rings is 1. The Hall–Kier alpha value is -0.460. The van der Waals surface area contributed by atoms with Gasteiger partial charge in [0.1, 0.15) is 6.33 Å². The van der Waals surface area contributed by atoms with Crippen LogP contribution in [0.15, 0.2) is 22.2 Å². The summed E-state index contributed by atoms with van der Waals surface area (Å²) in [5.41, 5.74) is 0. The number of hydrogen-bond acceptors (Lipinski definition) is 3. The molecule has 74 valence electrons. The van der Waals surface area contributed by atoms with E-state index >= 15 is 0 Å². The van der Waals surface area contributed by atoms with E-state index in [9.17, 15) is 0 Å². The molecule has 0 aliphatic rings. The number of rotatable bonds is 3. The van der Waals surface area contributed by atoms with Crippen LogP contribution >= 0.6 is 39.5 Å². The third-order valence-corrected chi connectivity index (χ3v) is 3.92. The maximum absolute atomic E-state index is 5.04. The lowest BCUT2D eigenvalue weighted by Crippen LogP contribution is -1.98. The molecule has 0 aromatic carbocycles. The van der Waals surface area contributed by atoms with Gasteiger partial charge in [0.15, 0.2) is 4.77 Å². The van der Waals surface area contributed by atoms with E-state index in [1.54, 1.807) is 17.7 Å². The minimum absolute atomic E-state index is 0.681. The van der Waals surface area contributed by atoms with Crippen molar-refractivity contribution >= 4 is 39.5 Å². The highest BCUT2D eigenvalue weighted by atomic mass is 79.9. The summed E-state index contributed by atoms with van der Waals surface area (Å²) in [5, 5.41) is 8.69. The van der Waals surface area contributed by atoms with E-state index in [0.717, 1.165) is 17.4 Å². The number of nitrogens with one attached hydrogen (secondary N) is 1. The minimum Gasteiger partial charge on any atom is -0.306 e. The summed E-state index contributed by atoms with van der Waals surface area (Å²) in [6.07, 6.45) is 2.72. The fourth-order valence-corrected chi connectivity index (χ4v) is 2.78. The summed E-state index contributed by atoms with van der Waals surface area (Å²) < 4.78 is 3.76. The first-order valence-corrected chi connectivity index (χ1v) is 6.16. The van der Waals surface area contributed by atoms with Crippen molar-refractivity contribution in [1.82, 2.24) is 14.8 Å². The Morgan fingerprint density at radius 1 is 1.64 bits per heavy atom. The molecule has 1 N–H and O–H groups in total. The second-order valence-electron chi connectivity index (χ2n) is 2.84. The highest BCUT2D eigenvalue weighted by Crippen LogP contribution is 2.20. The van der Waals surface area contributed by atoms with Gasteiger partial charge in [0.25, 0.3) is 0 Å². The summed E-state index contributed by atoms with van der Waals surface area (Å²) in [6.45, 7) is 0.877. The third kappa shape index (κ3) is 2.31. The number of hydrogen-bond donors (Lipinski definition) is 1. The van der Waals surface area contributed by atoms with Crippen LogP contribution in [-0.2, 0) is 13.0 Å². The molecular formula is C8H8BrN3S2.